The number of hydrogen-bond acceptors (Lipinski definition) is 4. The fraction of sp³-hybridized carbons (Fsp3) is 0.375. The van der Waals surface area contributed by atoms with Crippen LogP contribution < -0.4 is 9.88 Å². The van der Waals surface area contributed by atoms with Crippen molar-refractivity contribution < 1.29 is 17.5 Å². The van der Waals surface area contributed by atoms with Crippen LogP contribution in [0, 0.1) is 5.95 Å². The van der Waals surface area contributed by atoms with E-state index in [1.165, 1.54) is 6.07 Å². The van der Waals surface area contributed by atoms with Gasteiger partial charge in [0, 0.05) is 12.3 Å². The van der Waals surface area contributed by atoms with Gasteiger partial charge in [-0.3, -0.25) is 0 Å². The number of pyridine rings is 1. The van der Waals surface area contributed by atoms with E-state index >= 15 is 0 Å². The van der Waals surface area contributed by atoms with Gasteiger partial charge >= 0.3 is 0 Å². The summed E-state index contributed by atoms with van der Waals surface area (Å²) in [6.45, 7) is 0. The van der Waals surface area contributed by atoms with E-state index < -0.39 is 20.9 Å². The summed E-state index contributed by atoms with van der Waals surface area (Å²) in [7, 11) is -4.14. The van der Waals surface area contributed by atoms with Gasteiger partial charge in [-0.25, -0.2) is 18.5 Å². The number of sulfonamides is 1. The Morgan fingerprint density at radius 3 is 2.73 bits per heavy atom. The average molecular weight is 232 g/mol. The van der Waals surface area contributed by atoms with Crippen molar-refractivity contribution in [2.45, 2.75) is 23.8 Å². The van der Waals surface area contributed by atoms with Gasteiger partial charge in [0.2, 0.25) is 16.0 Å². The van der Waals surface area contributed by atoms with Crippen LogP contribution in [0.2, 0.25) is 0 Å². The number of nitrogens with zero attached hydrogens (tertiary/aromatic N) is 1. The molecule has 0 aliphatic heterocycles. The van der Waals surface area contributed by atoms with Crippen LogP contribution in [0.15, 0.2) is 17.2 Å². The van der Waals surface area contributed by atoms with Crippen LogP contribution in [-0.4, -0.2) is 19.5 Å². The van der Waals surface area contributed by atoms with Crippen LogP contribution in [0.1, 0.15) is 12.8 Å². The normalized spacial score (nSPS) is 16.4. The molecule has 0 spiro atoms. The van der Waals surface area contributed by atoms with Crippen molar-refractivity contribution in [3.05, 3.63) is 18.2 Å². The first kappa shape index (κ1) is 10.3. The molecule has 5 nitrogen and oxygen atoms in total. The zero-order valence-electron chi connectivity index (χ0n) is 7.68. The Morgan fingerprint density at radius 2 is 2.20 bits per heavy atom. The number of rotatable bonds is 3. The highest BCUT2D eigenvalue weighted by Gasteiger charge is 2.28. The first-order chi connectivity index (χ1) is 6.98. The molecule has 15 heavy (non-hydrogen) atoms. The molecule has 1 aliphatic rings. The smallest absolute Gasteiger partial charge is 0.246 e. The predicted octanol–water partition coefficient (Wildman–Crippen LogP) is 0.409. The first-order valence-corrected chi connectivity index (χ1v) is 5.87. The van der Waals surface area contributed by atoms with Gasteiger partial charge in [-0.1, -0.05) is 0 Å². The second-order valence-electron chi connectivity index (χ2n) is 3.29. The highest BCUT2D eigenvalue weighted by molar-refractivity contribution is 7.89. The van der Waals surface area contributed by atoms with Crippen LogP contribution in [0.5, 0.6) is 5.75 Å². The van der Waals surface area contributed by atoms with Crippen molar-refractivity contribution in [1.29, 1.82) is 0 Å². The van der Waals surface area contributed by atoms with E-state index in [0.29, 0.717) is 0 Å². The zero-order valence-corrected chi connectivity index (χ0v) is 8.50. The maximum atomic E-state index is 13.2. The lowest BCUT2D eigenvalue weighted by Gasteiger charge is -2.08. The van der Waals surface area contributed by atoms with Crippen molar-refractivity contribution in [2.75, 3.05) is 0 Å². The molecule has 0 unspecified atom stereocenters. The maximum absolute atomic E-state index is 13.2. The SMILES string of the molecule is NS(=O)(=O)c1c(OC2CC2)ccnc1F. The number of hydrogen-bond donors (Lipinski definition) is 1. The van der Waals surface area contributed by atoms with E-state index in [0.717, 1.165) is 19.0 Å². The van der Waals surface area contributed by atoms with Gasteiger partial charge in [0.1, 0.15) is 5.75 Å². The molecule has 2 rings (SSSR count). The lowest BCUT2D eigenvalue weighted by atomic mass is 10.4. The Labute approximate surface area is 86.1 Å². The summed E-state index contributed by atoms with van der Waals surface area (Å²) < 4.78 is 40.6. The number of primary sulfonamides is 1. The molecule has 7 heteroatoms. The quantitative estimate of drug-likeness (QED) is 0.765. The van der Waals surface area contributed by atoms with Crippen LogP contribution in [-0.2, 0) is 10.0 Å². The van der Waals surface area contributed by atoms with Gasteiger partial charge in [0.05, 0.1) is 6.10 Å². The minimum Gasteiger partial charge on any atom is -0.489 e. The molecule has 82 valence electrons. The zero-order chi connectivity index (χ0) is 11.1. The number of halogens is 1. The second-order valence-corrected chi connectivity index (χ2v) is 4.79. The summed E-state index contributed by atoms with van der Waals surface area (Å²) in [5.74, 6) is -1.19. The Bertz CT molecular complexity index is 485. The topological polar surface area (TPSA) is 82.3 Å². The Hall–Kier alpha value is -1.21. The summed E-state index contributed by atoms with van der Waals surface area (Å²) in [5, 5.41) is 4.87. The van der Waals surface area contributed by atoms with E-state index in [1.807, 2.05) is 0 Å². The molecule has 1 heterocycles. The monoisotopic (exact) mass is 232 g/mol. The fourth-order valence-electron chi connectivity index (χ4n) is 1.12. The molecular weight excluding hydrogens is 223 g/mol. The number of nitrogens with two attached hydrogens (primary N) is 1. The van der Waals surface area contributed by atoms with E-state index in [9.17, 15) is 12.8 Å². The van der Waals surface area contributed by atoms with E-state index in [2.05, 4.69) is 4.98 Å². The van der Waals surface area contributed by atoms with Gasteiger partial charge in [0.25, 0.3) is 0 Å². The lowest BCUT2D eigenvalue weighted by Crippen LogP contribution is -2.17. The van der Waals surface area contributed by atoms with Crippen molar-refractivity contribution in [2.24, 2.45) is 5.14 Å². The van der Waals surface area contributed by atoms with E-state index in [4.69, 9.17) is 9.88 Å². The maximum Gasteiger partial charge on any atom is 0.246 e. The fourth-order valence-corrected chi connectivity index (χ4v) is 1.81. The van der Waals surface area contributed by atoms with Gasteiger partial charge in [0.15, 0.2) is 4.90 Å². The van der Waals surface area contributed by atoms with Crippen molar-refractivity contribution >= 4 is 10.0 Å². The van der Waals surface area contributed by atoms with Gasteiger partial charge in [-0.15, -0.1) is 0 Å². The average Bonchev–Trinajstić information content (AvgIpc) is 2.85. The molecule has 0 atom stereocenters. The highest BCUT2D eigenvalue weighted by atomic mass is 32.2. The Kier molecular flexibility index (Phi) is 2.35. The molecule has 0 bridgehead atoms. The summed E-state index contributed by atoms with van der Waals surface area (Å²) in [6.07, 6.45) is 2.79. The molecule has 1 aliphatic carbocycles. The van der Waals surface area contributed by atoms with E-state index in [1.54, 1.807) is 0 Å². The molecule has 2 N–H and O–H groups in total. The summed E-state index contributed by atoms with van der Waals surface area (Å²) >= 11 is 0. The van der Waals surface area contributed by atoms with Gasteiger partial charge < -0.3 is 4.74 Å². The third-order valence-electron chi connectivity index (χ3n) is 1.93. The molecule has 1 aromatic rings. The standard InChI is InChI=1S/C8H9FN2O3S/c9-8-7(15(10,12)13)6(3-4-11-8)14-5-1-2-5/h3-5H,1-2H2,(H2,10,12,13). The van der Waals surface area contributed by atoms with Crippen molar-refractivity contribution in [3.8, 4) is 5.75 Å². The van der Waals surface area contributed by atoms with Gasteiger partial charge in [-0.2, -0.15) is 4.39 Å². The molecule has 0 amide bonds. The third kappa shape index (κ3) is 2.24. The van der Waals surface area contributed by atoms with Crippen molar-refractivity contribution in [3.63, 3.8) is 0 Å². The summed E-state index contributed by atoms with van der Waals surface area (Å²) in [4.78, 5) is 2.56. The van der Waals surface area contributed by atoms with Crippen LogP contribution in [0.4, 0.5) is 4.39 Å². The largest absolute Gasteiger partial charge is 0.489 e. The molecule has 0 radical (unpaired) electrons. The summed E-state index contributed by atoms with van der Waals surface area (Å²) in [6, 6.07) is 1.29. The van der Waals surface area contributed by atoms with Crippen LogP contribution in [0.3, 0.4) is 0 Å². The minimum absolute atomic E-state index is 0.0349. The minimum atomic E-state index is -4.14. The Morgan fingerprint density at radius 1 is 1.53 bits per heavy atom. The number of ether oxygens (including phenoxy) is 1. The van der Waals surface area contributed by atoms with Crippen LogP contribution >= 0.6 is 0 Å². The molecule has 0 saturated heterocycles. The summed E-state index contributed by atoms with van der Waals surface area (Å²) in [5.41, 5.74) is 0. The molecular formula is C8H9FN2O3S. The molecule has 1 fully saturated rings. The van der Waals surface area contributed by atoms with E-state index in [-0.39, 0.29) is 11.9 Å². The molecule has 0 aromatic carbocycles. The third-order valence-corrected chi connectivity index (χ3v) is 2.87. The lowest BCUT2D eigenvalue weighted by molar-refractivity contribution is 0.290. The second kappa shape index (κ2) is 3.42. The Balaban J connectivity index is 2.47. The predicted molar refractivity (Wildman–Crippen MR) is 49.2 cm³/mol. The highest BCUT2D eigenvalue weighted by Crippen LogP contribution is 2.31. The van der Waals surface area contributed by atoms with Crippen LogP contribution in [0.25, 0.3) is 0 Å². The number of aromatic nitrogens is 1. The van der Waals surface area contributed by atoms with Crippen molar-refractivity contribution in [1.82, 2.24) is 4.98 Å². The molecule has 1 saturated carbocycles. The first-order valence-electron chi connectivity index (χ1n) is 4.32. The van der Waals surface area contributed by atoms with Gasteiger partial charge in [-0.05, 0) is 12.8 Å². The molecule has 1 aromatic heterocycles.